The van der Waals surface area contributed by atoms with Gasteiger partial charge in [0.1, 0.15) is 0 Å². The van der Waals surface area contributed by atoms with Crippen molar-refractivity contribution in [3.8, 4) is 0 Å². The Morgan fingerprint density at radius 3 is 2.35 bits per heavy atom. The van der Waals surface area contributed by atoms with Crippen molar-refractivity contribution in [3.63, 3.8) is 0 Å². The molecule has 0 spiro atoms. The van der Waals surface area contributed by atoms with Crippen LogP contribution >= 0.6 is 0 Å². The summed E-state index contributed by atoms with van der Waals surface area (Å²) in [6.45, 7) is 13.2. The lowest BCUT2D eigenvalue weighted by Gasteiger charge is -2.51. The second-order valence-corrected chi connectivity index (χ2v) is 6.79. The molecule has 0 amide bonds. The first-order valence-corrected chi connectivity index (χ1v) is 7.52. The molecule has 2 rings (SSSR count). The molecule has 1 saturated carbocycles. The second-order valence-electron chi connectivity index (χ2n) is 6.79. The van der Waals surface area contributed by atoms with Crippen molar-refractivity contribution in [2.45, 2.75) is 71.4 Å². The summed E-state index contributed by atoms with van der Waals surface area (Å²) in [5, 5.41) is 3.79. The largest absolute Gasteiger partial charge is 0.308 e. The van der Waals surface area contributed by atoms with E-state index in [1.807, 2.05) is 0 Å². The fourth-order valence-electron chi connectivity index (χ4n) is 3.46. The Morgan fingerprint density at radius 1 is 1.24 bits per heavy atom. The van der Waals surface area contributed by atoms with E-state index < -0.39 is 0 Å². The molecule has 2 fully saturated rings. The highest BCUT2D eigenvalue weighted by Gasteiger charge is 2.40. The van der Waals surface area contributed by atoms with E-state index in [-0.39, 0.29) is 0 Å². The van der Waals surface area contributed by atoms with Crippen molar-refractivity contribution in [2.24, 2.45) is 5.41 Å². The van der Waals surface area contributed by atoms with Crippen LogP contribution in [0.5, 0.6) is 0 Å². The van der Waals surface area contributed by atoms with Gasteiger partial charge in [-0.25, -0.2) is 0 Å². The fraction of sp³-hybridized carbons (Fsp3) is 1.00. The highest BCUT2D eigenvalue weighted by atomic mass is 15.3. The van der Waals surface area contributed by atoms with Gasteiger partial charge >= 0.3 is 0 Å². The van der Waals surface area contributed by atoms with E-state index >= 15 is 0 Å². The van der Waals surface area contributed by atoms with E-state index in [4.69, 9.17) is 0 Å². The minimum absolute atomic E-state index is 0.382. The van der Waals surface area contributed by atoms with Crippen molar-refractivity contribution in [2.75, 3.05) is 19.6 Å². The van der Waals surface area contributed by atoms with Gasteiger partial charge in [-0.2, -0.15) is 0 Å². The van der Waals surface area contributed by atoms with E-state index in [1.54, 1.807) is 0 Å². The molecular weight excluding hydrogens is 208 g/mol. The maximum absolute atomic E-state index is 3.79. The van der Waals surface area contributed by atoms with Gasteiger partial charge in [0.2, 0.25) is 0 Å². The molecule has 100 valence electrons. The summed E-state index contributed by atoms with van der Waals surface area (Å²) in [4.78, 5) is 2.75. The summed E-state index contributed by atoms with van der Waals surface area (Å²) in [6, 6.07) is 0.707. The molecule has 1 unspecified atom stereocenters. The van der Waals surface area contributed by atoms with Crippen LogP contribution in [0.25, 0.3) is 0 Å². The van der Waals surface area contributed by atoms with Gasteiger partial charge in [-0.15, -0.1) is 0 Å². The van der Waals surface area contributed by atoms with Gasteiger partial charge in [0.15, 0.2) is 0 Å². The van der Waals surface area contributed by atoms with Crippen LogP contribution in [0, 0.1) is 5.41 Å². The van der Waals surface area contributed by atoms with Gasteiger partial charge in [0, 0.05) is 31.2 Å². The Bertz CT molecular complexity index is 254. The molecule has 0 aromatic rings. The van der Waals surface area contributed by atoms with Gasteiger partial charge in [0.25, 0.3) is 0 Å². The van der Waals surface area contributed by atoms with E-state index in [1.165, 1.54) is 45.2 Å². The molecular formula is C15H30N2. The summed E-state index contributed by atoms with van der Waals surface area (Å²) in [5.74, 6) is 0. The normalized spacial score (nSPS) is 32.1. The number of rotatable bonds is 4. The van der Waals surface area contributed by atoms with Crippen LogP contribution in [0.2, 0.25) is 0 Å². The SMILES string of the molecule is CCC1(CC)CN(CC2(C)CCC2)C(C)CN1. The zero-order valence-electron chi connectivity index (χ0n) is 12.2. The minimum Gasteiger partial charge on any atom is -0.308 e. The van der Waals surface area contributed by atoms with Crippen LogP contribution in [0.4, 0.5) is 0 Å². The van der Waals surface area contributed by atoms with Gasteiger partial charge in [-0.1, -0.05) is 27.2 Å². The number of nitrogens with zero attached hydrogens (tertiary/aromatic N) is 1. The van der Waals surface area contributed by atoms with Gasteiger partial charge < -0.3 is 5.32 Å². The molecule has 1 atom stereocenters. The summed E-state index contributed by atoms with van der Waals surface area (Å²) >= 11 is 0. The van der Waals surface area contributed by atoms with E-state index in [2.05, 4.69) is 37.9 Å². The maximum atomic E-state index is 3.79. The highest BCUT2D eigenvalue weighted by molar-refractivity contribution is 4.98. The predicted octanol–water partition coefficient (Wildman–Crippen LogP) is 3.03. The van der Waals surface area contributed by atoms with Crippen LogP contribution in [0.3, 0.4) is 0 Å². The molecule has 2 heteroatoms. The summed E-state index contributed by atoms with van der Waals surface area (Å²) in [5.41, 5.74) is 1.01. The van der Waals surface area contributed by atoms with E-state index in [0.29, 0.717) is 17.0 Å². The van der Waals surface area contributed by atoms with Crippen molar-refractivity contribution in [1.82, 2.24) is 10.2 Å². The molecule has 1 aliphatic carbocycles. The third-order valence-corrected chi connectivity index (χ3v) is 5.40. The van der Waals surface area contributed by atoms with Crippen molar-refractivity contribution >= 4 is 0 Å². The number of nitrogens with one attached hydrogen (secondary N) is 1. The monoisotopic (exact) mass is 238 g/mol. The second kappa shape index (κ2) is 4.89. The molecule has 2 aliphatic rings. The van der Waals surface area contributed by atoms with Crippen LogP contribution in [-0.4, -0.2) is 36.1 Å². The number of hydrogen-bond acceptors (Lipinski definition) is 2. The molecule has 0 aromatic heterocycles. The molecule has 2 nitrogen and oxygen atoms in total. The Kier molecular flexibility index (Phi) is 3.84. The third kappa shape index (κ3) is 2.68. The third-order valence-electron chi connectivity index (χ3n) is 5.40. The van der Waals surface area contributed by atoms with Crippen LogP contribution in [0.1, 0.15) is 59.8 Å². The quantitative estimate of drug-likeness (QED) is 0.810. The lowest BCUT2D eigenvalue weighted by atomic mass is 9.69. The van der Waals surface area contributed by atoms with Gasteiger partial charge in [-0.05, 0) is 38.0 Å². The van der Waals surface area contributed by atoms with Crippen molar-refractivity contribution in [3.05, 3.63) is 0 Å². The molecule has 0 aromatic carbocycles. The highest BCUT2D eigenvalue weighted by Crippen LogP contribution is 2.41. The molecule has 1 aliphatic heterocycles. The van der Waals surface area contributed by atoms with Gasteiger partial charge in [-0.3, -0.25) is 4.90 Å². The Balaban J connectivity index is 1.99. The molecule has 1 N–H and O–H groups in total. The smallest absolute Gasteiger partial charge is 0.0304 e. The maximum Gasteiger partial charge on any atom is 0.0304 e. The molecule has 1 heterocycles. The summed E-state index contributed by atoms with van der Waals surface area (Å²) in [7, 11) is 0. The zero-order valence-corrected chi connectivity index (χ0v) is 12.2. The summed E-state index contributed by atoms with van der Waals surface area (Å²) < 4.78 is 0. The number of hydrogen-bond donors (Lipinski definition) is 1. The summed E-state index contributed by atoms with van der Waals surface area (Å²) in [6.07, 6.45) is 6.83. The minimum atomic E-state index is 0.382. The average molecular weight is 238 g/mol. The van der Waals surface area contributed by atoms with Crippen LogP contribution < -0.4 is 5.32 Å². The lowest BCUT2D eigenvalue weighted by molar-refractivity contribution is 0.0154. The predicted molar refractivity (Wildman–Crippen MR) is 74.3 cm³/mol. The molecule has 1 saturated heterocycles. The molecule has 17 heavy (non-hydrogen) atoms. The fourth-order valence-corrected chi connectivity index (χ4v) is 3.46. The van der Waals surface area contributed by atoms with Crippen LogP contribution in [0.15, 0.2) is 0 Å². The molecule has 0 radical (unpaired) electrons. The Hall–Kier alpha value is -0.0800. The first kappa shape index (κ1) is 13.4. The van der Waals surface area contributed by atoms with E-state index in [9.17, 15) is 0 Å². The number of piperazine rings is 1. The average Bonchev–Trinajstić information content (AvgIpc) is 2.30. The zero-order chi connectivity index (χ0) is 12.5. The lowest BCUT2D eigenvalue weighted by Crippen LogP contribution is -2.64. The molecule has 0 bridgehead atoms. The van der Waals surface area contributed by atoms with Gasteiger partial charge in [0.05, 0.1) is 0 Å². The topological polar surface area (TPSA) is 15.3 Å². The standard InChI is InChI=1S/C15H30N2/c1-5-15(6-2)12-17(13(3)10-16-15)11-14(4)8-7-9-14/h13,16H,5-12H2,1-4H3. The Morgan fingerprint density at radius 2 is 1.88 bits per heavy atom. The Labute approximate surface area is 107 Å². The first-order valence-electron chi connectivity index (χ1n) is 7.52. The van der Waals surface area contributed by atoms with Crippen molar-refractivity contribution in [1.29, 1.82) is 0 Å². The van der Waals surface area contributed by atoms with Crippen molar-refractivity contribution < 1.29 is 0 Å². The van der Waals surface area contributed by atoms with E-state index in [0.717, 1.165) is 6.54 Å². The first-order chi connectivity index (χ1) is 8.02. The van der Waals surface area contributed by atoms with Crippen LogP contribution in [-0.2, 0) is 0 Å².